The average molecular weight is 849 g/mol. The van der Waals surface area contributed by atoms with Gasteiger partial charge in [-0.1, -0.05) is 27.7 Å². The Morgan fingerprint density at radius 2 is 0.889 bits per heavy atom. The van der Waals surface area contributed by atoms with Crippen LogP contribution in [-0.4, -0.2) is 87.9 Å². The van der Waals surface area contributed by atoms with Crippen LogP contribution in [0.3, 0.4) is 0 Å². The molecule has 36 heavy (non-hydrogen) atoms. The molecule has 0 aromatic heterocycles. The maximum atomic E-state index is 16.2. The minimum absolute atomic E-state index is 0.0449. The fourth-order valence-corrected chi connectivity index (χ4v) is 7.47. The molecule has 1 nitrogen and oxygen atoms in total. The zero-order valence-corrected chi connectivity index (χ0v) is 31.0. The standard InChI is InChI=1S/C15H30B4F9I2OP5/c1-5(2,20)14(36,7(4,32)33)31-15(28,30)10(19,24)13(27,35)9(18,23)11(25,29)8(17,22)12(26,34)6(3,16)21/h16-19,32-36H2,1-4H3. The summed E-state index contributed by atoms with van der Waals surface area (Å²) in [7, 11) is 9.06. The number of hydrogen-bond donors (Lipinski definition) is 0. The Morgan fingerprint density at radius 1 is 0.583 bits per heavy atom. The van der Waals surface area contributed by atoms with E-state index >= 15 is 35.1 Å². The topological polar surface area (TPSA) is 9.23 Å². The Bertz CT molecular complexity index is 818. The van der Waals surface area contributed by atoms with Crippen molar-refractivity contribution in [2.45, 2.75) is 84.2 Å². The van der Waals surface area contributed by atoms with Crippen molar-refractivity contribution >= 4 is 123 Å². The van der Waals surface area contributed by atoms with Gasteiger partial charge in [-0.05, 0) is 72.9 Å². The van der Waals surface area contributed by atoms with Crippen LogP contribution in [0.1, 0.15) is 27.7 Å². The highest BCUT2D eigenvalue weighted by atomic mass is 127. The Balaban J connectivity index is 7.01. The Kier molecular flexibility index (Phi) is 11.7. The summed E-state index contributed by atoms with van der Waals surface area (Å²) in [6, 6.07) is 0. The summed E-state index contributed by atoms with van der Waals surface area (Å²) in [5.74, 6) is 0. The molecule has 0 aliphatic rings. The number of hydrogen-bond acceptors (Lipinski definition) is 1. The summed E-state index contributed by atoms with van der Waals surface area (Å²) >= 11 is 1.01. The van der Waals surface area contributed by atoms with Gasteiger partial charge in [0.25, 0.3) is 3.86 Å². The predicted octanol–water partition coefficient (Wildman–Crippen LogP) is 3.25. The molecule has 0 amide bonds. The zero-order valence-electron chi connectivity index (χ0n) is 21.0. The lowest BCUT2D eigenvalue weighted by atomic mass is 9.55. The number of ether oxygens (including phenoxy) is 1. The molecule has 0 aliphatic heterocycles. The van der Waals surface area contributed by atoms with Gasteiger partial charge in [0, 0.05) is 4.90 Å². The van der Waals surface area contributed by atoms with Gasteiger partial charge in [-0.3, -0.25) is 4.39 Å². The molecule has 0 N–H and O–H groups in total. The van der Waals surface area contributed by atoms with Crippen molar-refractivity contribution in [2.75, 3.05) is 0 Å². The summed E-state index contributed by atoms with van der Waals surface area (Å²) in [6.07, 6.45) is 0. The minimum atomic E-state index is -4.41. The van der Waals surface area contributed by atoms with Crippen LogP contribution in [0, 0.1) is 0 Å². The third-order valence-electron chi connectivity index (χ3n) is 6.61. The predicted molar refractivity (Wildman–Crippen MR) is 175 cm³/mol. The molecule has 0 heterocycles. The van der Waals surface area contributed by atoms with Crippen molar-refractivity contribution in [2.24, 2.45) is 0 Å². The number of alkyl halides is 11. The molecule has 0 aliphatic carbocycles. The highest BCUT2D eigenvalue weighted by Gasteiger charge is 2.81. The molecule has 0 saturated heterocycles. The highest BCUT2D eigenvalue weighted by Crippen LogP contribution is 2.65. The first-order chi connectivity index (χ1) is 15.0. The molecule has 0 fully saturated rings. The van der Waals surface area contributed by atoms with Crippen molar-refractivity contribution < 1.29 is 44.3 Å². The number of halogens is 11. The summed E-state index contributed by atoms with van der Waals surface area (Å²) in [5, 5.41) is -10.6. The molecular formula is C15H30B4F9I2OP5. The van der Waals surface area contributed by atoms with Crippen LogP contribution in [-0.2, 0) is 4.74 Å². The van der Waals surface area contributed by atoms with Gasteiger partial charge < -0.3 is 4.74 Å². The van der Waals surface area contributed by atoms with Crippen LogP contribution in [0.25, 0.3) is 0 Å². The van der Waals surface area contributed by atoms with Gasteiger partial charge in [0.05, 0.1) is 0 Å². The van der Waals surface area contributed by atoms with Crippen LogP contribution in [0.15, 0.2) is 0 Å². The van der Waals surface area contributed by atoms with Crippen LogP contribution < -0.4 is 0 Å². The summed E-state index contributed by atoms with van der Waals surface area (Å²) in [4.78, 5) is -1.45. The van der Waals surface area contributed by atoms with E-state index in [0.29, 0.717) is 60.0 Å². The fraction of sp³-hybridized carbons (Fsp3) is 1.00. The molecule has 0 aromatic carbocycles. The summed E-state index contributed by atoms with van der Waals surface area (Å²) in [5.41, 5.74) is -18.4. The minimum Gasteiger partial charge on any atom is -0.321 e. The molecule has 210 valence electrons. The average Bonchev–Trinajstić information content (AvgIpc) is 2.57. The highest BCUT2D eigenvalue weighted by molar-refractivity contribution is 14.1. The molecular weight excluding hydrogens is 819 g/mol. The van der Waals surface area contributed by atoms with E-state index < -0.39 is 56.5 Å². The van der Waals surface area contributed by atoms with Gasteiger partial charge in [0.2, 0.25) is 3.68 Å². The Hall–Kier alpha value is 3.20. The normalized spacial score (nSPS) is 28.9. The summed E-state index contributed by atoms with van der Waals surface area (Å²) < 4.78 is 138. The van der Waals surface area contributed by atoms with E-state index in [4.69, 9.17) is 4.74 Å². The van der Waals surface area contributed by atoms with E-state index in [1.807, 2.05) is 9.24 Å². The van der Waals surface area contributed by atoms with E-state index in [-0.39, 0.29) is 23.5 Å². The molecule has 14 atom stereocenters. The second-order valence-electron chi connectivity index (χ2n) is 10.6. The molecule has 0 spiro atoms. The van der Waals surface area contributed by atoms with E-state index in [9.17, 15) is 4.39 Å². The second kappa shape index (κ2) is 10.7. The molecule has 0 radical (unpaired) electrons. The van der Waals surface area contributed by atoms with Crippen LogP contribution in [0.4, 0.5) is 39.5 Å². The van der Waals surface area contributed by atoms with E-state index in [2.05, 4.69) is 18.5 Å². The lowest BCUT2D eigenvalue weighted by Crippen LogP contribution is -2.78. The quantitative estimate of drug-likeness (QED) is 0.102. The van der Waals surface area contributed by atoms with Gasteiger partial charge in [-0.15, -0.1) is 18.5 Å². The van der Waals surface area contributed by atoms with Crippen molar-refractivity contribution in [1.29, 1.82) is 0 Å². The molecule has 0 rings (SSSR count). The largest absolute Gasteiger partial charge is 0.321 e. The van der Waals surface area contributed by atoms with Gasteiger partial charge in [-0.2, -0.15) is 4.39 Å². The van der Waals surface area contributed by atoms with E-state index in [1.54, 1.807) is 0 Å². The van der Waals surface area contributed by atoms with Crippen molar-refractivity contribution in [3.63, 3.8) is 0 Å². The Morgan fingerprint density at radius 3 is 1.14 bits per heavy atom. The molecule has 0 bridgehead atoms. The fourth-order valence-electron chi connectivity index (χ4n) is 3.28. The molecule has 0 saturated carbocycles. The monoisotopic (exact) mass is 850 g/mol. The Labute approximate surface area is 249 Å². The van der Waals surface area contributed by atoms with Gasteiger partial charge in [0.15, 0.2) is 58.9 Å². The first-order valence-electron chi connectivity index (χ1n) is 10.2. The SMILES string of the molecule is BC(C)(F)C(F)(P)C(B)(F)C(F)(I)C(B)(F)C(F)(P)C(B)(F)C(F)(I)OC(P)(C(C)(C)F)C(C)(P)P. The van der Waals surface area contributed by atoms with E-state index in [1.165, 1.54) is 6.92 Å². The van der Waals surface area contributed by atoms with Crippen LogP contribution in [0.2, 0.25) is 0 Å². The maximum absolute atomic E-state index is 16.2. The first-order valence-corrected chi connectivity index (χ1v) is 15.2. The second-order valence-corrected chi connectivity index (χ2v) is 18.9. The van der Waals surface area contributed by atoms with Crippen LogP contribution in [0.5, 0.6) is 0 Å². The maximum Gasteiger partial charge on any atom is 0.290 e. The molecule has 21 heteroatoms. The summed E-state index contributed by atoms with van der Waals surface area (Å²) in [6.45, 7) is 3.79. The lowest BCUT2D eigenvalue weighted by molar-refractivity contribution is -0.228. The van der Waals surface area contributed by atoms with Gasteiger partial charge >= 0.3 is 0 Å². The van der Waals surface area contributed by atoms with Crippen molar-refractivity contribution in [3.05, 3.63) is 0 Å². The zero-order chi connectivity index (χ0) is 30.2. The van der Waals surface area contributed by atoms with Gasteiger partial charge in [0.1, 0.15) is 16.6 Å². The molecule has 14 unspecified atom stereocenters. The molecule has 0 aromatic rings. The van der Waals surface area contributed by atoms with Crippen molar-refractivity contribution in [1.82, 2.24) is 0 Å². The smallest absolute Gasteiger partial charge is 0.290 e. The van der Waals surface area contributed by atoms with Crippen molar-refractivity contribution in [3.8, 4) is 0 Å². The third kappa shape index (κ3) is 5.99. The first kappa shape index (κ1) is 39.2. The van der Waals surface area contributed by atoms with Crippen LogP contribution >= 0.6 is 91.4 Å². The number of rotatable bonds is 11. The van der Waals surface area contributed by atoms with E-state index in [0.717, 1.165) is 32.3 Å². The van der Waals surface area contributed by atoms with Gasteiger partial charge in [-0.25, -0.2) is 30.7 Å². The lowest BCUT2D eigenvalue weighted by Gasteiger charge is -2.57. The third-order valence-corrected chi connectivity index (χ3v) is 15.1.